The number of hydrogen-bond acceptors (Lipinski definition) is 2. The van der Waals surface area contributed by atoms with E-state index in [-0.39, 0.29) is 0 Å². The molecule has 0 amide bonds. The van der Waals surface area contributed by atoms with Crippen molar-refractivity contribution in [1.82, 2.24) is 0 Å². The minimum atomic E-state index is -1.26. The Balaban J connectivity index is 4.26. The highest BCUT2D eigenvalue weighted by Gasteiger charge is 2.36. The van der Waals surface area contributed by atoms with E-state index in [0.29, 0.717) is 11.6 Å². The van der Waals surface area contributed by atoms with E-state index < -0.39 is 8.07 Å². The van der Waals surface area contributed by atoms with Gasteiger partial charge in [-0.1, -0.05) is 26.9 Å². The number of aliphatic hydroxyl groups excluding tert-OH is 1. The molecule has 0 aromatic rings. The molecule has 11 heavy (non-hydrogen) atoms. The summed E-state index contributed by atoms with van der Waals surface area (Å²) in [5, 5.41) is 9.20. The molecule has 0 aliphatic rings. The molecular formula is C8H20OSSi. The van der Waals surface area contributed by atoms with Gasteiger partial charge in [-0.2, -0.15) is 12.6 Å². The first-order valence-corrected chi connectivity index (χ1v) is 7.93. The predicted molar refractivity (Wildman–Crippen MR) is 57.3 cm³/mol. The molecule has 0 fully saturated rings. The van der Waals surface area contributed by atoms with Gasteiger partial charge >= 0.3 is 0 Å². The van der Waals surface area contributed by atoms with Crippen LogP contribution in [0.2, 0.25) is 24.2 Å². The maximum absolute atomic E-state index is 8.87. The molecule has 0 saturated heterocycles. The molecule has 0 aliphatic heterocycles. The lowest BCUT2D eigenvalue weighted by Crippen LogP contribution is -2.40. The summed E-state index contributed by atoms with van der Waals surface area (Å²) in [5.74, 6) is 0.923. The first kappa shape index (κ1) is 11.5. The van der Waals surface area contributed by atoms with Gasteiger partial charge in [-0.15, -0.1) is 0 Å². The standard InChI is InChI=1S/C8H20OSSi/c1-8(2,7-10)11(3,4)6-5-9/h9-10H,5-7H2,1-4H3. The van der Waals surface area contributed by atoms with Crippen LogP contribution in [0.15, 0.2) is 0 Å². The Morgan fingerprint density at radius 1 is 1.36 bits per heavy atom. The number of rotatable bonds is 4. The van der Waals surface area contributed by atoms with E-state index in [0.717, 1.165) is 11.8 Å². The smallest absolute Gasteiger partial charge is 0.0561 e. The third-order valence-corrected chi connectivity index (χ3v) is 9.37. The van der Waals surface area contributed by atoms with Crippen molar-refractivity contribution in [2.75, 3.05) is 12.4 Å². The lowest BCUT2D eigenvalue weighted by Gasteiger charge is -2.38. The van der Waals surface area contributed by atoms with Crippen LogP contribution in [0.4, 0.5) is 0 Å². The van der Waals surface area contributed by atoms with Crippen LogP contribution >= 0.6 is 12.6 Å². The van der Waals surface area contributed by atoms with Crippen LogP contribution in [-0.2, 0) is 0 Å². The first-order chi connectivity index (χ1) is 4.87. The average Bonchev–Trinajstić information content (AvgIpc) is 1.87. The quantitative estimate of drug-likeness (QED) is 0.518. The van der Waals surface area contributed by atoms with Gasteiger partial charge in [-0.05, 0) is 16.8 Å². The molecule has 3 heteroatoms. The van der Waals surface area contributed by atoms with Crippen LogP contribution in [0.3, 0.4) is 0 Å². The average molecular weight is 192 g/mol. The molecule has 0 rings (SSSR count). The molecule has 0 aromatic heterocycles. The zero-order valence-corrected chi connectivity index (χ0v) is 9.91. The molecule has 0 radical (unpaired) electrons. The van der Waals surface area contributed by atoms with Crippen molar-refractivity contribution in [3.8, 4) is 0 Å². The van der Waals surface area contributed by atoms with Gasteiger partial charge in [0.2, 0.25) is 0 Å². The SMILES string of the molecule is CC(C)(CS)[Si](C)(C)CCO. The van der Waals surface area contributed by atoms with E-state index in [1.807, 2.05) is 0 Å². The summed E-state index contributed by atoms with van der Waals surface area (Å²) < 4.78 is 0. The van der Waals surface area contributed by atoms with Gasteiger partial charge in [0, 0.05) is 6.61 Å². The van der Waals surface area contributed by atoms with Crippen molar-refractivity contribution < 1.29 is 5.11 Å². The first-order valence-electron chi connectivity index (χ1n) is 4.09. The third-order valence-electron chi connectivity index (χ3n) is 2.96. The second-order valence-corrected chi connectivity index (χ2v) is 10.3. The summed E-state index contributed by atoms with van der Waals surface area (Å²) in [7, 11) is -1.26. The zero-order chi connectivity index (χ0) is 9.12. The van der Waals surface area contributed by atoms with Crippen LogP contribution in [0.5, 0.6) is 0 Å². The normalized spacial score (nSPS) is 13.6. The highest BCUT2D eigenvalue weighted by molar-refractivity contribution is 7.80. The number of aliphatic hydroxyl groups is 1. The van der Waals surface area contributed by atoms with Gasteiger partial charge < -0.3 is 5.11 Å². The van der Waals surface area contributed by atoms with E-state index in [1.165, 1.54) is 0 Å². The second-order valence-electron chi connectivity index (χ2n) is 4.40. The molecule has 0 saturated carbocycles. The molecule has 68 valence electrons. The van der Waals surface area contributed by atoms with Crippen molar-refractivity contribution >= 4 is 20.7 Å². The summed E-state index contributed by atoms with van der Waals surface area (Å²) in [6.45, 7) is 9.47. The van der Waals surface area contributed by atoms with E-state index in [4.69, 9.17) is 5.11 Å². The molecule has 0 aliphatic carbocycles. The van der Waals surface area contributed by atoms with Gasteiger partial charge in [0.1, 0.15) is 0 Å². The molecule has 0 bridgehead atoms. The Bertz CT molecular complexity index is 123. The zero-order valence-electron chi connectivity index (χ0n) is 8.02. The minimum absolute atomic E-state index is 0.330. The van der Waals surface area contributed by atoms with Crippen LogP contribution in [0, 0.1) is 0 Å². The molecule has 1 nitrogen and oxygen atoms in total. The van der Waals surface area contributed by atoms with Crippen molar-refractivity contribution in [2.45, 2.75) is 38.0 Å². The maximum Gasteiger partial charge on any atom is 0.0561 e. The van der Waals surface area contributed by atoms with Crippen molar-refractivity contribution in [2.24, 2.45) is 0 Å². The Morgan fingerprint density at radius 3 is 2.09 bits per heavy atom. The predicted octanol–water partition coefficient (Wildman–Crippen LogP) is 2.40. The van der Waals surface area contributed by atoms with Gasteiger partial charge in [0.15, 0.2) is 0 Å². The maximum atomic E-state index is 8.87. The van der Waals surface area contributed by atoms with Gasteiger partial charge in [-0.3, -0.25) is 0 Å². The van der Waals surface area contributed by atoms with E-state index in [1.54, 1.807) is 0 Å². The Kier molecular flexibility index (Phi) is 4.15. The second kappa shape index (κ2) is 3.96. The van der Waals surface area contributed by atoms with Crippen molar-refractivity contribution in [1.29, 1.82) is 0 Å². The summed E-state index contributed by atoms with van der Waals surface area (Å²) in [6, 6.07) is 0.987. The fourth-order valence-corrected chi connectivity index (χ4v) is 3.78. The van der Waals surface area contributed by atoms with Crippen LogP contribution in [-0.4, -0.2) is 25.5 Å². The van der Waals surface area contributed by atoms with E-state index >= 15 is 0 Å². The number of thiol groups is 1. The highest BCUT2D eigenvalue weighted by Crippen LogP contribution is 2.39. The number of hydrogen-bond donors (Lipinski definition) is 2. The van der Waals surface area contributed by atoms with Gasteiger partial charge in [0.05, 0.1) is 8.07 Å². The highest BCUT2D eigenvalue weighted by atomic mass is 32.1. The lowest BCUT2D eigenvalue weighted by molar-refractivity contribution is 0.315. The topological polar surface area (TPSA) is 20.2 Å². The summed E-state index contributed by atoms with van der Waals surface area (Å²) in [5.41, 5.74) is 0. The van der Waals surface area contributed by atoms with Crippen molar-refractivity contribution in [3.63, 3.8) is 0 Å². The Labute approximate surface area is 76.6 Å². The monoisotopic (exact) mass is 192 g/mol. The molecule has 0 unspecified atom stereocenters. The van der Waals surface area contributed by atoms with Gasteiger partial charge in [-0.25, -0.2) is 0 Å². The molecule has 0 aromatic carbocycles. The van der Waals surface area contributed by atoms with Crippen molar-refractivity contribution in [3.05, 3.63) is 0 Å². The van der Waals surface area contributed by atoms with Crippen LogP contribution in [0.25, 0.3) is 0 Å². The Morgan fingerprint density at radius 2 is 1.82 bits per heavy atom. The lowest BCUT2D eigenvalue weighted by atomic mass is 10.2. The molecular weight excluding hydrogens is 172 g/mol. The Hall–Kier alpha value is 0.527. The third kappa shape index (κ3) is 2.80. The molecule has 0 spiro atoms. The molecule has 0 heterocycles. The minimum Gasteiger partial charge on any atom is -0.397 e. The van der Waals surface area contributed by atoms with Gasteiger partial charge in [0.25, 0.3) is 0 Å². The summed E-state index contributed by atoms with van der Waals surface area (Å²) >= 11 is 4.34. The van der Waals surface area contributed by atoms with E-state index in [2.05, 4.69) is 39.6 Å². The summed E-state index contributed by atoms with van der Waals surface area (Å²) in [4.78, 5) is 0. The largest absolute Gasteiger partial charge is 0.397 e. The molecule has 1 N–H and O–H groups in total. The fourth-order valence-electron chi connectivity index (χ4n) is 0.832. The van der Waals surface area contributed by atoms with Crippen LogP contribution < -0.4 is 0 Å². The van der Waals surface area contributed by atoms with E-state index in [9.17, 15) is 0 Å². The molecule has 0 atom stereocenters. The summed E-state index contributed by atoms with van der Waals surface area (Å²) in [6.07, 6.45) is 0. The fraction of sp³-hybridized carbons (Fsp3) is 1.00. The van der Waals surface area contributed by atoms with Crippen LogP contribution in [0.1, 0.15) is 13.8 Å².